The zero-order valence-electron chi connectivity index (χ0n) is 14.1. The van der Waals surface area contributed by atoms with E-state index in [2.05, 4.69) is 42.0 Å². The van der Waals surface area contributed by atoms with E-state index in [4.69, 9.17) is 9.84 Å². The number of hydrogen-bond acceptors (Lipinski definition) is 3. The highest BCUT2D eigenvalue weighted by Crippen LogP contribution is 2.37. The van der Waals surface area contributed by atoms with E-state index in [0.717, 1.165) is 38.1 Å². The van der Waals surface area contributed by atoms with Crippen molar-refractivity contribution in [2.24, 2.45) is 0 Å². The fourth-order valence-electron chi connectivity index (χ4n) is 3.80. The van der Waals surface area contributed by atoms with Gasteiger partial charge >= 0.3 is 0 Å². The highest BCUT2D eigenvalue weighted by molar-refractivity contribution is 5.56. The predicted octanol–water partition coefficient (Wildman–Crippen LogP) is 4.09. The van der Waals surface area contributed by atoms with Crippen molar-refractivity contribution in [1.29, 1.82) is 0 Å². The van der Waals surface area contributed by atoms with Gasteiger partial charge in [0, 0.05) is 18.7 Å². The van der Waals surface area contributed by atoms with Gasteiger partial charge in [-0.15, -0.1) is 0 Å². The molecule has 0 aliphatic carbocycles. The SMILES string of the molecule is Cc1ccc(-n2nc(C3CCCO3)c3c2NCCCC3)c(C)c1. The van der Waals surface area contributed by atoms with E-state index in [1.165, 1.54) is 41.0 Å². The molecule has 0 radical (unpaired) electrons. The first kappa shape index (κ1) is 14.8. The van der Waals surface area contributed by atoms with E-state index < -0.39 is 0 Å². The van der Waals surface area contributed by atoms with E-state index in [-0.39, 0.29) is 6.10 Å². The van der Waals surface area contributed by atoms with Gasteiger partial charge in [-0.2, -0.15) is 5.10 Å². The Bertz CT molecular complexity index is 714. The van der Waals surface area contributed by atoms with Crippen molar-refractivity contribution in [3.8, 4) is 5.69 Å². The molecule has 3 heterocycles. The molecule has 1 unspecified atom stereocenters. The Balaban J connectivity index is 1.85. The summed E-state index contributed by atoms with van der Waals surface area (Å²) in [6, 6.07) is 6.58. The molecule has 1 fully saturated rings. The molecule has 4 rings (SSSR count). The highest BCUT2D eigenvalue weighted by atomic mass is 16.5. The van der Waals surface area contributed by atoms with Crippen molar-refractivity contribution in [3.05, 3.63) is 40.6 Å². The number of aryl methyl sites for hydroxylation is 2. The number of benzene rings is 1. The lowest BCUT2D eigenvalue weighted by molar-refractivity contribution is 0.107. The summed E-state index contributed by atoms with van der Waals surface area (Å²) in [5.41, 5.74) is 6.25. The van der Waals surface area contributed by atoms with Crippen LogP contribution in [0, 0.1) is 13.8 Å². The summed E-state index contributed by atoms with van der Waals surface area (Å²) in [4.78, 5) is 0. The molecule has 1 aromatic carbocycles. The van der Waals surface area contributed by atoms with Crippen LogP contribution in [0.15, 0.2) is 18.2 Å². The average molecular weight is 311 g/mol. The topological polar surface area (TPSA) is 39.1 Å². The van der Waals surface area contributed by atoms with E-state index in [9.17, 15) is 0 Å². The van der Waals surface area contributed by atoms with Crippen molar-refractivity contribution < 1.29 is 4.74 Å². The van der Waals surface area contributed by atoms with E-state index in [0.29, 0.717) is 0 Å². The maximum absolute atomic E-state index is 5.94. The Morgan fingerprint density at radius 1 is 1.22 bits per heavy atom. The second-order valence-electron chi connectivity index (χ2n) is 6.80. The van der Waals surface area contributed by atoms with Crippen LogP contribution in [-0.2, 0) is 11.2 Å². The van der Waals surface area contributed by atoms with Crippen LogP contribution >= 0.6 is 0 Å². The van der Waals surface area contributed by atoms with Gasteiger partial charge in [0.15, 0.2) is 0 Å². The van der Waals surface area contributed by atoms with Gasteiger partial charge in [-0.1, -0.05) is 17.7 Å². The first-order valence-corrected chi connectivity index (χ1v) is 8.79. The van der Waals surface area contributed by atoms with Crippen molar-refractivity contribution >= 4 is 5.82 Å². The van der Waals surface area contributed by atoms with Gasteiger partial charge in [0.05, 0.1) is 11.4 Å². The fourth-order valence-corrected chi connectivity index (χ4v) is 3.80. The summed E-state index contributed by atoms with van der Waals surface area (Å²) in [5.74, 6) is 1.18. The van der Waals surface area contributed by atoms with Crippen molar-refractivity contribution in [3.63, 3.8) is 0 Å². The highest BCUT2D eigenvalue weighted by Gasteiger charge is 2.28. The maximum Gasteiger partial charge on any atom is 0.133 e. The number of hydrogen-bond donors (Lipinski definition) is 1. The van der Waals surface area contributed by atoms with Crippen LogP contribution in [0.2, 0.25) is 0 Å². The number of ether oxygens (including phenoxy) is 1. The number of nitrogens with one attached hydrogen (secondary N) is 1. The summed E-state index contributed by atoms with van der Waals surface area (Å²) in [7, 11) is 0. The standard InChI is InChI=1S/C19H25N3O/c1-13-8-9-16(14(2)12-13)22-19-15(6-3-4-10-20-19)18(21-22)17-7-5-11-23-17/h8-9,12,17,20H,3-7,10-11H2,1-2H3. The minimum atomic E-state index is 0.177. The molecule has 1 atom stereocenters. The Kier molecular flexibility index (Phi) is 3.85. The molecule has 1 saturated heterocycles. The number of nitrogens with zero attached hydrogens (tertiary/aromatic N) is 2. The van der Waals surface area contributed by atoms with Crippen molar-refractivity contribution in [2.45, 2.75) is 52.1 Å². The third-order valence-electron chi connectivity index (χ3n) is 4.98. The Labute approximate surface area is 137 Å². The van der Waals surface area contributed by atoms with Gasteiger partial charge < -0.3 is 10.1 Å². The first-order valence-electron chi connectivity index (χ1n) is 8.79. The molecule has 122 valence electrons. The van der Waals surface area contributed by atoms with Gasteiger partial charge in [-0.05, 0) is 57.6 Å². The Morgan fingerprint density at radius 3 is 2.91 bits per heavy atom. The molecule has 1 aromatic heterocycles. The first-order chi connectivity index (χ1) is 11.2. The summed E-state index contributed by atoms with van der Waals surface area (Å²) in [5, 5.41) is 8.63. The third kappa shape index (κ3) is 2.65. The van der Waals surface area contributed by atoms with Gasteiger partial charge in [0.25, 0.3) is 0 Å². The molecule has 2 aromatic rings. The van der Waals surface area contributed by atoms with Gasteiger partial charge in [-0.3, -0.25) is 0 Å². The van der Waals surface area contributed by atoms with E-state index in [1.807, 2.05) is 0 Å². The predicted molar refractivity (Wildman–Crippen MR) is 92.4 cm³/mol. The molecule has 0 amide bonds. The normalized spacial score (nSPS) is 20.9. The number of aromatic nitrogens is 2. The summed E-state index contributed by atoms with van der Waals surface area (Å²) in [6.45, 7) is 6.19. The van der Waals surface area contributed by atoms with Crippen LogP contribution in [0.4, 0.5) is 5.82 Å². The van der Waals surface area contributed by atoms with Crippen LogP contribution in [-0.4, -0.2) is 22.9 Å². The molecule has 0 spiro atoms. The molecule has 4 heteroatoms. The number of fused-ring (bicyclic) bond motifs is 1. The zero-order chi connectivity index (χ0) is 15.8. The number of anilines is 1. The van der Waals surface area contributed by atoms with Gasteiger partial charge in [0.2, 0.25) is 0 Å². The quantitative estimate of drug-likeness (QED) is 0.908. The lowest BCUT2D eigenvalue weighted by Crippen LogP contribution is -2.08. The molecule has 0 bridgehead atoms. The van der Waals surface area contributed by atoms with Gasteiger partial charge in [-0.25, -0.2) is 4.68 Å². The molecule has 2 aliphatic rings. The van der Waals surface area contributed by atoms with Crippen molar-refractivity contribution in [2.75, 3.05) is 18.5 Å². The lowest BCUT2D eigenvalue weighted by Gasteiger charge is -2.12. The minimum absolute atomic E-state index is 0.177. The van der Waals surface area contributed by atoms with Crippen LogP contribution in [0.3, 0.4) is 0 Å². The van der Waals surface area contributed by atoms with E-state index >= 15 is 0 Å². The fraction of sp³-hybridized carbons (Fsp3) is 0.526. The maximum atomic E-state index is 5.94. The second-order valence-corrected chi connectivity index (χ2v) is 6.80. The van der Waals surface area contributed by atoms with E-state index in [1.54, 1.807) is 0 Å². The molecule has 1 N–H and O–H groups in total. The molecular weight excluding hydrogens is 286 g/mol. The Morgan fingerprint density at radius 2 is 2.13 bits per heavy atom. The molecule has 2 aliphatic heterocycles. The van der Waals surface area contributed by atoms with Crippen LogP contribution in [0.25, 0.3) is 5.69 Å². The molecular formula is C19H25N3O. The smallest absolute Gasteiger partial charge is 0.133 e. The minimum Gasteiger partial charge on any atom is -0.372 e. The van der Waals surface area contributed by atoms with Gasteiger partial charge in [0.1, 0.15) is 11.9 Å². The molecule has 0 saturated carbocycles. The largest absolute Gasteiger partial charge is 0.372 e. The summed E-state index contributed by atoms with van der Waals surface area (Å²) >= 11 is 0. The monoisotopic (exact) mass is 311 g/mol. The Hall–Kier alpha value is -1.81. The van der Waals surface area contributed by atoms with Crippen LogP contribution in [0.5, 0.6) is 0 Å². The van der Waals surface area contributed by atoms with Crippen molar-refractivity contribution in [1.82, 2.24) is 9.78 Å². The van der Waals surface area contributed by atoms with Crippen LogP contribution in [0.1, 0.15) is 54.2 Å². The van der Waals surface area contributed by atoms with Crippen LogP contribution < -0.4 is 5.32 Å². The molecule has 4 nitrogen and oxygen atoms in total. The summed E-state index contributed by atoms with van der Waals surface area (Å²) in [6.07, 6.45) is 5.95. The summed E-state index contributed by atoms with van der Waals surface area (Å²) < 4.78 is 8.06. The zero-order valence-corrected chi connectivity index (χ0v) is 14.1. The number of rotatable bonds is 2. The lowest BCUT2D eigenvalue weighted by atomic mass is 10.0. The third-order valence-corrected chi connectivity index (χ3v) is 4.98. The average Bonchev–Trinajstić information content (AvgIpc) is 3.10. The molecule has 23 heavy (non-hydrogen) atoms. The second kappa shape index (κ2) is 6.00.